The van der Waals surface area contributed by atoms with Crippen LogP contribution in [0.2, 0.25) is 0 Å². The fourth-order valence-electron chi connectivity index (χ4n) is 1.90. The predicted octanol–water partition coefficient (Wildman–Crippen LogP) is 1.58. The molecule has 112 valence electrons. The molecule has 5 heteroatoms. The van der Waals surface area contributed by atoms with Crippen molar-refractivity contribution in [3.63, 3.8) is 0 Å². The van der Waals surface area contributed by atoms with Gasteiger partial charge < -0.3 is 20.6 Å². The van der Waals surface area contributed by atoms with E-state index in [2.05, 4.69) is 34.6 Å². The molecular formula is C15H25N3O2. The van der Waals surface area contributed by atoms with Crippen molar-refractivity contribution in [2.75, 3.05) is 31.1 Å². The van der Waals surface area contributed by atoms with Gasteiger partial charge in [0, 0.05) is 25.3 Å². The van der Waals surface area contributed by atoms with Crippen LogP contribution in [0.5, 0.6) is 0 Å². The topological polar surface area (TPSA) is 64.6 Å². The Bertz CT molecular complexity index is 384. The summed E-state index contributed by atoms with van der Waals surface area (Å²) in [6.07, 6.45) is 0.879. The summed E-state index contributed by atoms with van der Waals surface area (Å²) in [5.41, 5.74) is 1.20. The van der Waals surface area contributed by atoms with Crippen LogP contribution in [0.3, 0.4) is 0 Å². The molecule has 0 saturated carbocycles. The maximum Gasteiger partial charge on any atom is 0.315 e. The van der Waals surface area contributed by atoms with Gasteiger partial charge in [-0.15, -0.1) is 0 Å². The monoisotopic (exact) mass is 279 g/mol. The number of benzene rings is 1. The standard InChI is InChI=1S/C15H25N3O2/c1-3-18(14-8-5-4-6-9-14)11-7-10-16-15(20)17-13(2)12-19/h4-6,8-9,13,19H,3,7,10-12H2,1-2H3,(H2,16,17,20). The van der Waals surface area contributed by atoms with Gasteiger partial charge in [-0.25, -0.2) is 4.79 Å². The molecular weight excluding hydrogens is 254 g/mol. The Kier molecular flexibility index (Phi) is 7.50. The fourth-order valence-corrected chi connectivity index (χ4v) is 1.90. The van der Waals surface area contributed by atoms with E-state index in [1.54, 1.807) is 6.92 Å². The summed E-state index contributed by atoms with van der Waals surface area (Å²) in [5.74, 6) is 0. The van der Waals surface area contributed by atoms with E-state index in [9.17, 15) is 4.79 Å². The SMILES string of the molecule is CCN(CCCNC(=O)NC(C)CO)c1ccccc1. The molecule has 0 bridgehead atoms. The van der Waals surface area contributed by atoms with Gasteiger partial charge in [-0.2, -0.15) is 0 Å². The van der Waals surface area contributed by atoms with Gasteiger partial charge in [-0.3, -0.25) is 0 Å². The molecule has 0 aliphatic heterocycles. The highest BCUT2D eigenvalue weighted by Gasteiger charge is 2.06. The van der Waals surface area contributed by atoms with Crippen molar-refractivity contribution in [1.82, 2.24) is 10.6 Å². The summed E-state index contributed by atoms with van der Waals surface area (Å²) in [4.78, 5) is 13.7. The molecule has 1 aromatic carbocycles. The molecule has 1 unspecified atom stereocenters. The number of nitrogens with one attached hydrogen (secondary N) is 2. The van der Waals surface area contributed by atoms with Crippen LogP contribution in [0, 0.1) is 0 Å². The van der Waals surface area contributed by atoms with E-state index >= 15 is 0 Å². The van der Waals surface area contributed by atoms with Gasteiger partial charge in [-0.1, -0.05) is 18.2 Å². The third kappa shape index (κ3) is 5.93. The molecule has 0 aliphatic rings. The second-order valence-electron chi connectivity index (χ2n) is 4.75. The van der Waals surface area contributed by atoms with E-state index in [1.165, 1.54) is 5.69 Å². The smallest absolute Gasteiger partial charge is 0.315 e. The van der Waals surface area contributed by atoms with Crippen LogP contribution < -0.4 is 15.5 Å². The normalized spacial score (nSPS) is 11.8. The third-order valence-electron chi connectivity index (χ3n) is 3.04. The molecule has 0 heterocycles. The first-order chi connectivity index (χ1) is 9.67. The fraction of sp³-hybridized carbons (Fsp3) is 0.533. The molecule has 1 aromatic rings. The molecule has 0 spiro atoms. The highest BCUT2D eigenvalue weighted by Crippen LogP contribution is 2.12. The number of anilines is 1. The lowest BCUT2D eigenvalue weighted by atomic mass is 10.2. The number of carbonyl (C=O) groups excluding carboxylic acids is 1. The zero-order valence-electron chi connectivity index (χ0n) is 12.3. The van der Waals surface area contributed by atoms with E-state index in [0.29, 0.717) is 6.54 Å². The van der Waals surface area contributed by atoms with E-state index in [-0.39, 0.29) is 18.7 Å². The second kappa shape index (κ2) is 9.20. The molecule has 0 fully saturated rings. The Morgan fingerprint density at radius 2 is 2.05 bits per heavy atom. The molecule has 0 aliphatic carbocycles. The molecule has 0 radical (unpaired) electrons. The van der Waals surface area contributed by atoms with E-state index in [4.69, 9.17) is 5.11 Å². The lowest BCUT2D eigenvalue weighted by Gasteiger charge is -2.23. The van der Waals surface area contributed by atoms with Crippen molar-refractivity contribution in [3.05, 3.63) is 30.3 Å². The number of hydrogen-bond acceptors (Lipinski definition) is 3. The number of carbonyl (C=O) groups is 1. The maximum atomic E-state index is 11.4. The lowest BCUT2D eigenvalue weighted by molar-refractivity contribution is 0.220. The Balaban J connectivity index is 2.24. The summed E-state index contributed by atoms with van der Waals surface area (Å²) in [7, 11) is 0. The van der Waals surface area contributed by atoms with Gasteiger partial charge in [0.05, 0.1) is 12.6 Å². The number of urea groups is 1. The van der Waals surface area contributed by atoms with Crippen LogP contribution in [0.25, 0.3) is 0 Å². The number of hydrogen-bond donors (Lipinski definition) is 3. The highest BCUT2D eigenvalue weighted by atomic mass is 16.3. The van der Waals surface area contributed by atoms with Crippen molar-refractivity contribution in [3.8, 4) is 0 Å². The third-order valence-corrected chi connectivity index (χ3v) is 3.04. The summed E-state index contributed by atoms with van der Waals surface area (Å²) in [6, 6.07) is 9.80. The quantitative estimate of drug-likeness (QED) is 0.633. The van der Waals surface area contributed by atoms with Crippen molar-refractivity contribution in [2.24, 2.45) is 0 Å². The average Bonchev–Trinajstić information content (AvgIpc) is 2.48. The molecule has 20 heavy (non-hydrogen) atoms. The Morgan fingerprint density at radius 3 is 2.65 bits per heavy atom. The summed E-state index contributed by atoms with van der Waals surface area (Å²) >= 11 is 0. The van der Waals surface area contributed by atoms with Crippen LogP contribution >= 0.6 is 0 Å². The van der Waals surface area contributed by atoms with Gasteiger partial charge in [0.2, 0.25) is 0 Å². The Labute approximate surface area is 121 Å². The number of para-hydroxylation sites is 1. The zero-order chi connectivity index (χ0) is 14.8. The molecule has 5 nitrogen and oxygen atoms in total. The van der Waals surface area contributed by atoms with Gasteiger partial charge in [0.15, 0.2) is 0 Å². The van der Waals surface area contributed by atoms with Crippen LogP contribution in [0.1, 0.15) is 20.3 Å². The van der Waals surface area contributed by atoms with E-state index < -0.39 is 0 Å². The number of rotatable bonds is 8. The molecule has 0 saturated heterocycles. The summed E-state index contributed by atoms with van der Waals surface area (Å²) in [5, 5.41) is 14.3. The summed E-state index contributed by atoms with van der Waals surface area (Å²) in [6.45, 7) is 6.29. The second-order valence-corrected chi connectivity index (χ2v) is 4.75. The van der Waals surface area contributed by atoms with Crippen molar-refractivity contribution >= 4 is 11.7 Å². The van der Waals surface area contributed by atoms with Crippen molar-refractivity contribution in [2.45, 2.75) is 26.3 Å². The van der Waals surface area contributed by atoms with Gasteiger partial charge >= 0.3 is 6.03 Å². The first-order valence-corrected chi connectivity index (χ1v) is 7.12. The number of aliphatic hydroxyl groups is 1. The minimum atomic E-state index is -0.227. The largest absolute Gasteiger partial charge is 0.394 e. The van der Waals surface area contributed by atoms with Gasteiger partial charge in [0.25, 0.3) is 0 Å². The first kappa shape index (κ1) is 16.3. The van der Waals surface area contributed by atoms with Gasteiger partial charge in [0.1, 0.15) is 0 Å². The Hall–Kier alpha value is -1.75. The van der Waals surface area contributed by atoms with Crippen LogP contribution in [0.15, 0.2) is 30.3 Å². The predicted molar refractivity (Wildman–Crippen MR) is 82.0 cm³/mol. The van der Waals surface area contributed by atoms with E-state index in [1.807, 2.05) is 18.2 Å². The molecule has 1 atom stereocenters. The van der Waals surface area contributed by atoms with Crippen LogP contribution in [0.4, 0.5) is 10.5 Å². The van der Waals surface area contributed by atoms with Crippen LogP contribution in [-0.4, -0.2) is 43.4 Å². The average molecular weight is 279 g/mol. The number of aliphatic hydroxyl groups excluding tert-OH is 1. The van der Waals surface area contributed by atoms with Crippen molar-refractivity contribution < 1.29 is 9.90 Å². The highest BCUT2D eigenvalue weighted by molar-refractivity contribution is 5.74. The van der Waals surface area contributed by atoms with Crippen molar-refractivity contribution in [1.29, 1.82) is 0 Å². The molecule has 2 amide bonds. The van der Waals surface area contributed by atoms with Gasteiger partial charge in [-0.05, 0) is 32.4 Å². The molecule has 0 aromatic heterocycles. The summed E-state index contributed by atoms with van der Waals surface area (Å²) < 4.78 is 0. The minimum absolute atomic E-state index is 0.0506. The first-order valence-electron chi connectivity index (χ1n) is 7.12. The molecule has 1 rings (SSSR count). The molecule has 3 N–H and O–H groups in total. The Morgan fingerprint density at radius 1 is 1.35 bits per heavy atom. The lowest BCUT2D eigenvalue weighted by Crippen LogP contribution is -2.43. The maximum absolute atomic E-state index is 11.4. The number of amides is 2. The number of nitrogens with zero attached hydrogens (tertiary/aromatic N) is 1. The van der Waals surface area contributed by atoms with Crippen LogP contribution in [-0.2, 0) is 0 Å². The van der Waals surface area contributed by atoms with E-state index in [0.717, 1.165) is 19.5 Å². The zero-order valence-corrected chi connectivity index (χ0v) is 12.3. The minimum Gasteiger partial charge on any atom is -0.394 e.